The van der Waals surface area contributed by atoms with Crippen molar-refractivity contribution >= 4 is 5.97 Å². The summed E-state index contributed by atoms with van der Waals surface area (Å²) in [6.45, 7) is 0. The van der Waals surface area contributed by atoms with E-state index >= 15 is 0 Å². The van der Waals surface area contributed by atoms with E-state index in [0.29, 0.717) is 6.42 Å². The Morgan fingerprint density at radius 2 is 1.81 bits per heavy atom. The zero-order valence-corrected chi connectivity index (χ0v) is 10.4. The number of unbranched alkanes of at least 4 members (excludes halogenated alkanes) is 2. The maximum Gasteiger partial charge on any atom is 0.305 e. The number of esters is 1. The first-order valence-corrected chi connectivity index (χ1v) is 5.52. The molecule has 0 rings (SSSR count). The molecule has 0 aliphatic heterocycles. The molecule has 0 heterocycles. The van der Waals surface area contributed by atoms with Crippen LogP contribution < -0.4 is 0 Å². The van der Waals surface area contributed by atoms with E-state index in [1.54, 1.807) is 14.2 Å². The monoisotopic (exact) mass is 230 g/mol. The highest BCUT2D eigenvalue weighted by atomic mass is 16.7. The molecule has 0 saturated carbocycles. The normalized spacial score (nSPS) is 11.2. The molecule has 94 valence electrons. The molecule has 0 saturated heterocycles. The summed E-state index contributed by atoms with van der Waals surface area (Å²) in [5.74, 6) is -0.136. The third-order valence-corrected chi connectivity index (χ3v) is 2.25. The molecular formula is C12H22O4. The summed E-state index contributed by atoms with van der Waals surface area (Å²) < 4.78 is 14.6. The third-order valence-electron chi connectivity index (χ3n) is 2.25. The SMILES string of the molecule is COC(=O)CCCC/C=C\CC(OC)OC. The van der Waals surface area contributed by atoms with Gasteiger partial charge in [-0.15, -0.1) is 0 Å². The smallest absolute Gasteiger partial charge is 0.305 e. The fourth-order valence-corrected chi connectivity index (χ4v) is 1.25. The van der Waals surface area contributed by atoms with Crippen molar-refractivity contribution in [3.8, 4) is 0 Å². The summed E-state index contributed by atoms with van der Waals surface area (Å²) in [5.41, 5.74) is 0. The van der Waals surface area contributed by atoms with Crippen molar-refractivity contribution in [2.75, 3.05) is 21.3 Å². The Kier molecular flexibility index (Phi) is 10.1. The number of allylic oxidation sites excluding steroid dienone is 1. The van der Waals surface area contributed by atoms with E-state index in [-0.39, 0.29) is 12.3 Å². The number of hydrogen-bond acceptors (Lipinski definition) is 4. The van der Waals surface area contributed by atoms with Crippen LogP contribution in [-0.4, -0.2) is 33.6 Å². The van der Waals surface area contributed by atoms with Gasteiger partial charge in [0, 0.05) is 27.1 Å². The van der Waals surface area contributed by atoms with E-state index in [0.717, 1.165) is 25.7 Å². The predicted molar refractivity (Wildman–Crippen MR) is 62.0 cm³/mol. The van der Waals surface area contributed by atoms with E-state index in [9.17, 15) is 4.79 Å². The van der Waals surface area contributed by atoms with Gasteiger partial charge in [0.1, 0.15) is 0 Å². The van der Waals surface area contributed by atoms with Crippen molar-refractivity contribution in [1.82, 2.24) is 0 Å². The number of hydrogen-bond donors (Lipinski definition) is 0. The molecule has 0 aromatic carbocycles. The summed E-state index contributed by atoms with van der Waals surface area (Å²) >= 11 is 0. The van der Waals surface area contributed by atoms with Crippen molar-refractivity contribution in [2.24, 2.45) is 0 Å². The maximum absolute atomic E-state index is 10.8. The lowest BCUT2D eigenvalue weighted by Crippen LogP contribution is -2.10. The van der Waals surface area contributed by atoms with E-state index in [1.807, 2.05) is 6.08 Å². The quantitative estimate of drug-likeness (QED) is 0.264. The average molecular weight is 230 g/mol. The molecule has 0 bridgehead atoms. The van der Waals surface area contributed by atoms with Gasteiger partial charge in [0.25, 0.3) is 0 Å². The topological polar surface area (TPSA) is 44.8 Å². The lowest BCUT2D eigenvalue weighted by Gasteiger charge is -2.09. The van der Waals surface area contributed by atoms with E-state index in [2.05, 4.69) is 10.8 Å². The van der Waals surface area contributed by atoms with Gasteiger partial charge in [0.2, 0.25) is 0 Å². The van der Waals surface area contributed by atoms with Gasteiger partial charge >= 0.3 is 5.97 Å². The van der Waals surface area contributed by atoms with Crippen molar-refractivity contribution in [3.05, 3.63) is 12.2 Å². The molecule has 0 spiro atoms. The first-order chi connectivity index (χ1) is 7.74. The molecule has 16 heavy (non-hydrogen) atoms. The van der Waals surface area contributed by atoms with Crippen LogP contribution in [0.4, 0.5) is 0 Å². The van der Waals surface area contributed by atoms with Gasteiger partial charge in [-0.3, -0.25) is 4.79 Å². The molecule has 0 aromatic heterocycles. The van der Waals surface area contributed by atoms with Gasteiger partial charge in [-0.25, -0.2) is 0 Å². The summed E-state index contributed by atoms with van der Waals surface area (Å²) in [5, 5.41) is 0. The van der Waals surface area contributed by atoms with Crippen LogP contribution >= 0.6 is 0 Å². The predicted octanol–water partition coefficient (Wildman–Crippen LogP) is 2.29. The van der Waals surface area contributed by atoms with Gasteiger partial charge in [0.15, 0.2) is 6.29 Å². The second kappa shape index (κ2) is 10.6. The summed E-state index contributed by atoms with van der Waals surface area (Å²) in [4.78, 5) is 10.8. The second-order valence-corrected chi connectivity index (χ2v) is 3.43. The van der Waals surface area contributed by atoms with Crippen LogP contribution in [0.25, 0.3) is 0 Å². The van der Waals surface area contributed by atoms with Crippen molar-refractivity contribution in [2.45, 2.75) is 38.4 Å². The van der Waals surface area contributed by atoms with Gasteiger partial charge < -0.3 is 14.2 Å². The lowest BCUT2D eigenvalue weighted by atomic mass is 10.2. The molecule has 0 N–H and O–H groups in total. The van der Waals surface area contributed by atoms with Crippen molar-refractivity contribution < 1.29 is 19.0 Å². The minimum atomic E-state index is -0.161. The van der Waals surface area contributed by atoms with Crippen LogP contribution in [0.1, 0.15) is 32.1 Å². The average Bonchev–Trinajstić information content (AvgIpc) is 2.32. The van der Waals surface area contributed by atoms with Crippen molar-refractivity contribution in [3.63, 3.8) is 0 Å². The molecule has 4 nitrogen and oxygen atoms in total. The summed E-state index contributed by atoms with van der Waals surface area (Å²) in [7, 11) is 4.66. The molecule has 0 aliphatic carbocycles. The Hall–Kier alpha value is -0.870. The Morgan fingerprint density at radius 3 is 2.38 bits per heavy atom. The van der Waals surface area contributed by atoms with Crippen LogP contribution in [0.5, 0.6) is 0 Å². The summed E-state index contributed by atoms with van der Waals surface area (Å²) in [6.07, 6.45) is 8.06. The number of carbonyl (C=O) groups excluding carboxylic acids is 1. The molecule has 0 aliphatic rings. The van der Waals surface area contributed by atoms with Gasteiger partial charge in [-0.2, -0.15) is 0 Å². The van der Waals surface area contributed by atoms with Crippen LogP contribution in [-0.2, 0) is 19.0 Å². The lowest BCUT2D eigenvalue weighted by molar-refractivity contribution is -0.140. The molecule has 0 amide bonds. The zero-order valence-electron chi connectivity index (χ0n) is 10.4. The minimum Gasteiger partial charge on any atom is -0.469 e. The summed E-state index contributed by atoms with van der Waals surface area (Å²) in [6, 6.07) is 0. The Bertz CT molecular complexity index is 197. The fourth-order valence-electron chi connectivity index (χ4n) is 1.25. The fraction of sp³-hybridized carbons (Fsp3) is 0.750. The molecule has 0 aromatic rings. The first-order valence-electron chi connectivity index (χ1n) is 5.52. The van der Waals surface area contributed by atoms with E-state index in [1.165, 1.54) is 7.11 Å². The Balaban J connectivity index is 3.37. The highest BCUT2D eigenvalue weighted by Crippen LogP contribution is 2.04. The maximum atomic E-state index is 10.8. The van der Waals surface area contributed by atoms with Crippen LogP contribution in [0.3, 0.4) is 0 Å². The standard InChI is InChI=1S/C12H22O4/c1-14-11(13)9-7-5-4-6-8-10-12(15-2)16-3/h6,8,12H,4-5,7,9-10H2,1-3H3/b8-6-. The molecule has 0 radical (unpaired) electrons. The van der Waals surface area contributed by atoms with Gasteiger partial charge in [-0.1, -0.05) is 12.2 Å². The van der Waals surface area contributed by atoms with Gasteiger partial charge in [-0.05, 0) is 19.3 Å². The third kappa shape index (κ3) is 8.44. The van der Waals surface area contributed by atoms with E-state index < -0.39 is 0 Å². The highest BCUT2D eigenvalue weighted by molar-refractivity contribution is 5.68. The Labute approximate surface area is 97.6 Å². The molecule has 0 fully saturated rings. The minimum absolute atomic E-state index is 0.136. The number of rotatable bonds is 9. The zero-order chi connectivity index (χ0) is 12.2. The first kappa shape index (κ1) is 15.1. The highest BCUT2D eigenvalue weighted by Gasteiger charge is 2.00. The van der Waals surface area contributed by atoms with Crippen LogP contribution in [0, 0.1) is 0 Å². The Morgan fingerprint density at radius 1 is 1.12 bits per heavy atom. The molecular weight excluding hydrogens is 208 g/mol. The number of ether oxygens (including phenoxy) is 3. The molecule has 0 atom stereocenters. The van der Waals surface area contributed by atoms with Crippen LogP contribution in [0.15, 0.2) is 12.2 Å². The van der Waals surface area contributed by atoms with Crippen molar-refractivity contribution in [1.29, 1.82) is 0 Å². The van der Waals surface area contributed by atoms with Gasteiger partial charge in [0.05, 0.1) is 7.11 Å². The molecule has 4 heteroatoms. The number of carbonyl (C=O) groups is 1. The van der Waals surface area contributed by atoms with Crippen LogP contribution in [0.2, 0.25) is 0 Å². The molecule has 0 unspecified atom stereocenters. The second-order valence-electron chi connectivity index (χ2n) is 3.43. The van der Waals surface area contributed by atoms with E-state index in [4.69, 9.17) is 9.47 Å². The number of methoxy groups -OCH3 is 3. The largest absolute Gasteiger partial charge is 0.469 e.